The molecular weight excluding hydrogens is 282 g/mol. The highest BCUT2D eigenvalue weighted by Gasteiger charge is 2.27. The first-order valence-corrected chi connectivity index (χ1v) is 7.84. The van der Waals surface area contributed by atoms with Crippen LogP contribution in [0.4, 0.5) is 0 Å². The summed E-state index contributed by atoms with van der Waals surface area (Å²) >= 11 is 0. The number of rotatable bonds is 11. The van der Waals surface area contributed by atoms with Crippen LogP contribution in [0.15, 0.2) is 24.3 Å². The van der Waals surface area contributed by atoms with Gasteiger partial charge in [-0.15, -0.1) is 0 Å². The molecule has 0 bridgehead atoms. The zero-order valence-corrected chi connectivity index (χ0v) is 14.2. The topological polar surface area (TPSA) is 63.6 Å². The van der Waals surface area contributed by atoms with Crippen LogP contribution < -0.4 is 0 Å². The maximum Gasteiger partial charge on any atom is 0.335 e. The van der Waals surface area contributed by atoms with E-state index in [-0.39, 0.29) is 6.42 Å². The van der Waals surface area contributed by atoms with Gasteiger partial charge in [0.1, 0.15) is 0 Å². The minimum Gasteiger partial charge on any atom is -0.481 e. The van der Waals surface area contributed by atoms with Gasteiger partial charge in [-0.3, -0.25) is 9.28 Å². The Morgan fingerprint density at radius 2 is 1.86 bits per heavy atom. The average Bonchev–Trinajstić information content (AvgIpc) is 2.41. The van der Waals surface area contributed by atoms with Crippen molar-refractivity contribution in [3.8, 4) is 0 Å². The van der Waals surface area contributed by atoms with E-state index >= 15 is 0 Å². The average molecular weight is 312 g/mol. The third kappa shape index (κ3) is 11.1. The Morgan fingerprint density at radius 1 is 1.18 bits per heavy atom. The summed E-state index contributed by atoms with van der Waals surface area (Å²) in [7, 11) is 5.62. The number of nitrogens with zero attached hydrogens (tertiary/aromatic N) is 1. The zero-order valence-electron chi connectivity index (χ0n) is 14.2. The number of hydrogen-bond donors (Lipinski definition) is 1. The molecule has 0 aromatic carbocycles. The van der Waals surface area contributed by atoms with Crippen LogP contribution in [0.3, 0.4) is 0 Å². The fourth-order valence-electron chi connectivity index (χ4n) is 1.85. The van der Waals surface area contributed by atoms with Gasteiger partial charge in [-0.25, -0.2) is 4.79 Å². The maximum absolute atomic E-state index is 11.8. The van der Waals surface area contributed by atoms with Crippen LogP contribution in [0, 0.1) is 0 Å². The molecule has 0 aliphatic heterocycles. The van der Waals surface area contributed by atoms with E-state index in [9.17, 15) is 9.59 Å². The Hall–Kier alpha value is -1.62. The number of aliphatic carboxylic acids is 1. The Bertz CT molecular complexity index is 394. The lowest BCUT2D eigenvalue weighted by atomic mass is 10.2. The van der Waals surface area contributed by atoms with Crippen LogP contribution in [-0.2, 0) is 14.3 Å². The smallest absolute Gasteiger partial charge is 0.335 e. The lowest BCUT2D eigenvalue weighted by Crippen LogP contribution is -2.47. The SMILES string of the molecule is CCCCC/C=C\C=C\C(=O)O[C@@H](CCC(=O)O)[N+](C)(C)C. The molecular formula is C17H30NO4+. The Morgan fingerprint density at radius 3 is 2.41 bits per heavy atom. The normalized spacial score (nSPS) is 13.6. The second-order valence-electron chi connectivity index (χ2n) is 6.22. The van der Waals surface area contributed by atoms with E-state index in [1.54, 1.807) is 6.08 Å². The molecule has 0 aliphatic rings. The Balaban J connectivity index is 4.30. The summed E-state index contributed by atoms with van der Waals surface area (Å²) in [5, 5.41) is 8.75. The fourth-order valence-corrected chi connectivity index (χ4v) is 1.85. The predicted molar refractivity (Wildman–Crippen MR) is 87.2 cm³/mol. The number of carbonyl (C=O) groups is 2. The summed E-state index contributed by atoms with van der Waals surface area (Å²) < 4.78 is 5.73. The van der Waals surface area contributed by atoms with Gasteiger partial charge in [0.15, 0.2) is 0 Å². The quantitative estimate of drug-likeness (QED) is 0.159. The standard InChI is InChI=1S/C17H29NO4/c1-5-6-7-8-9-10-11-12-17(21)22-15(18(2,3)4)13-14-16(19)20/h9-12,15H,5-8,13-14H2,1-4H3/p+1/b10-9-,12-11+/t15-/m0/s1. The van der Waals surface area contributed by atoms with E-state index < -0.39 is 18.2 Å². The zero-order chi connectivity index (χ0) is 17.0. The highest BCUT2D eigenvalue weighted by molar-refractivity contribution is 5.82. The number of carboxylic acid groups (broad SMARTS) is 1. The first-order chi connectivity index (χ1) is 10.3. The molecule has 0 unspecified atom stereocenters. The third-order valence-corrected chi connectivity index (χ3v) is 3.18. The van der Waals surface area contributed by atoms with Crippen LogP contribution in [0.25, 0.3) is 0 Å². The van der Waals surface area contributed by atoms with Crippen LogP contribution in [0.2, 0.25) is 0 Å². The molecule has 0 aromatic heterocycles. The largest absolute Gasteiger partial charge is 0.481 e. The highest BCUT2D eigenvalue weighted by atomic mass is 16.6. The second kappa shape index (κ2) is 11.0. The van der Waals surface area contributed by atoms with Crippen molar-refractivity contribution in [3.05, 3.63) is 24.3 Å². The van der Waals surface area contributed by atoms with Gasteiger partial charge in [-0.1, -0.05) is 38.0 Å². The molecule has 5 nitrogen and oxygen atoms in total. The van der Waals surface area contributed by atoms with Gasteiger partial charge in [0.2, 0.25) is 6.23 Å². The van der Waals surface area contributed by atoms with E-state index in [0.29, 0.717) is 10.9 Å². The summed E-state index contributed by atoms with van der Waals surface area (Å²) in [5.74, 6) is -1.33. The predicted octanol–water partition coefficient (Wildman–Crippen LogP) is 3.12. The molecule has 0 saturated carbocycles. The number of carboxylic acids is 1. The first kappa shape index (κ1) is 20.4. The first-order valence-electron chi connectivity index (χ1n) is 7.84. The van der Waals surface area contributed by atoms with Crippen molar-refractivity contribution in [3.63, 3.8) is 0 Å². The molecule has 1 N–H and O–H groups in total. The number of allylic oxidation sites excluding steroid dienone is 3. The number of esters is 1. The van der Waals surface area contributed by atoms with Crippen LogP contribution in [0.5, 0.6) is 0 Å². The van der Waals surface area contributed by atoms with Gasteiger partial charge in [0.25, 0.3) is 0 Å². The van der Waals surface area contributed by atoms with Gasteiger partial charge in [0.05, 0.1) is 27.6 Å². The summed E-state index contributed by atoms with van der Waals surface area (Å²) in [6.45, 7) is 2.16. The Kier molecular flexibility index (Phi) is 10.2. The van der Waals surface area contributed by atoms with Gasteiger partial charge < -0.3 is 9.84 Å². The van der Waals surface area contributed by atoms with Crippen LogP contribution in [-0.4, -0.2) is 48.9 Å². The number of ether oxygens (including phenoxy) is 1. The molecule has 1 atom stereocenters. The van der Waals surface area contributed by atoms with E-state index in [2.05, 4.69) is 6.92 Å². The summed E-state index contributed by atoms with van der Waals surface area (Å²) in [4.78, 5) is 22.4. The molecule has 126 valence electrons. The van der Waals surface area contributed by atoms with Crippen molar-refractivity contribution in [2.75, 3.05) is 21.1 Å². The summed E-state index contributed by atoms with van der Waals surface area (Å²) in [5.41, 5.74) is 0. The lowest BCUT2D eigenvalue weighted by molar-refractivity contribution is -0.917. The van der Waals surface area contributed by atoms with E-state index in [1.165, 1.54) is 18.9 Å². The second-order valence-corrected chi connectivity index (χ2v) is 6.22. The van der Waals surface area contributed by atoms with E-state index in [0.717, 1.165) is 12.8 Å². The number of hydrogen-bond acceptors (Lipinski definition) is 3. The fraction of sp³-hybridized carbons (Fsp3) is 0.647. The van der Waals surface area contributed by atoms with Crippen molar-refractivity contribution in [2.45, 2.75) is 51.7 Å². The van der Waals surface area contributed by atoms with E-state index in [4.69, 9.17) is 9.84 Å². The highest BCUT2D eigenvalue weighted by Crippen LogP contribution is 2.12. The molecule has 0 radical (unpaired) electrons. The summed E-state index contributed by atoms with van der Waals surface area (Å²) in [6.07, 6.45) is 11.3. The van der Waals surface area contributed by atoms with Crippen LogP contribution >= 0.6 is 0 Å². The van der Waals surface area contributed by atoms with Crippen molar-refractivity contribution in [1.82, 2.24) is 0 Å². The van der Waals surface area contributed by atoms with Crippen molar-refractivity contribution >= 4 is 11.9 Å². The molecule has 22 heavy (non-hydrogen) atoms. The monoisotopic (exact) mass is 312 g/mol. The van der Waals surface area contributed by atoms with Crippen LogP contribution in [0.1, 0.15) is 45.4 Å². The van der Waals surface area contributed by atoms with E-state index in [1.807, 2.05) is 33.3 Å². The lowest BCUT2D eigenvalue weighted by Gasteiger charge is -2.32. The van der Waals surface area contributed by atoms with Crippen molar-refractivity contribution < 1.29 is 23.9 Å². The third-order valence-electron chi connectivity index (χ3n) is 3.18. The van der Waals surface area contributed by atoms with Crippen molar-refractivity contribution in [2.24, 2.45) is 0 Å². The molecule has 0 rings (SSSR count). The maximum atomic E-state index is 11.8. The molecule has 0 fully saturated rings. The number of carbonyl (C=O) groups excluding carboxylic acids is 1. The van der Waals surface area contributed by atoms with Gasteiger partial charge >= 0.3 is 11.9 Å². The molecule has 0 heterocycles. The summed E-state index contributed by atoms with van der Waals surface area (Å²) in [6, 6.07) is 0. The van der Waals surface area contributed by atoms with Gasteiger partial charge in [0, 0.05) is 12.5 Å². The minimum atomic E-state index is -0.889. The molecule has 0 amide bonds. The van der Waals surface area contributed by atoms with Crippen molar-refractivity contribution in [1.29, 1.82) is 0 Å². The van der Waals surface area contributed by atoms with Gasteiger partial charge in [-0.2, -0.15) is 0 Å². The molecule has 0 spiro atoms. The molecule has 5 heteroatoms. The molecule has 0 saturated heterocycles. The number of unbranched alkanes of at least 4 members (excludes halogenated alkanes) is 3. The molecule has 0 aromatic rings. The Labute approximate surface area is 133 Å². The van der Waals surface area contributed by atoms with Gasteiger partial charge in [-0.05, 0) is 12.8 Å². The molecule has 0 aliphatic carbocycles. The number of quaternary nitrogens is 1. The minimum absolute atomic E-state index is 0.0193.